The lowest BCUT2D eigenvalue weighted by atomic mass is 9.87. The van der Waals surface area contributed by atoms with Crippen molar-refractivity contribution in [3.63, 3.8) is 0 Å². The first-order chi connectivity index (χ1) is 8.53. The maximum atomic E-state index is 9.55. The van der Waals surface area contributed by atoms with Gasteiger partial charge in [0.1, 0.15) is 0 Å². The number of phenols is 1. The summed E-state index contributed by atoms with van der Waals surface area (Å²) in [6.07, 6.45) is 3.86. The number of hydrogen-bond donors (Lipinski definition) is 2. The maximum absolute atomic E-state index is 9.55. The number of methoxy groups -OCH3 is 1. The molecule has 1 saturated carbocycles. The first kappa shape index (κ1) is 13.2. The topological polar surface area (TPSA) is 41.5 Å². The number of nitrogens with one attached hydrogen (secondary N) is 1. The SMILES string of the molecule is COc1cc(CNC2CCCC2(C)C)ccc1O. The third-order valence-electron chi connectivity index (χ3n) is 4.05. The first-order valence-corrected chi connectivity index (χ1v) is 6.62. The van der Waals surface area contributed by atoms with Gasteiger partial charge in [0.2, 0.25) is 0 Å². The normalized spacial score (nSPS) is 22.1. The molecule has 0 aliphatic heterocycles. The molecule has 3 nitrogen and oxygen atoms in total. The van der Waals surface area contributed by atoms with Gasteiger partial charge in [-0.15, -0.1) is 0 Å². The van der Waals surface area contributed by atoms with Gasteiger partial charge in [-0.25, -0.2) is 0 Å². The number of hydrogen-bond acceptors (Lipinski definition) is 3. The second-order valence-electron chi connectivity index (χ2n) is 5.82. The van der Waals surface area contributed by atoms with Crippen LogP contribution < -0.4 is 10.1 Å². The van der Waals surface area contributed by atoms with Gasteiger partial charge in [0.15, 0.2) is 11.5 Å². The summed E-state index contributed by atoms with van der Waals surface area (Å²) in [6.45, 7) is 5.48. The van der Waals surface area contributed by atoms with E-state index in [0.717, 1.165) is 12.1 Å². The summed E-state index contributed by atoms with van der Waals surface area (Å²) in [5.41, 5.74) is 1.54. The Morgan fingerprint density at radius 3 is 2.83 bits per heavy atom. The van der Waals surface area contributed by atoms with Gasteiger partial charge >= 0.3 is 0 Å². The Hall–Kier alpha value is -1.22. The molecule has 1 fully saturated rings. The average molecular weight is 249 g/mol. The largest absolute Gasteiger partial charge is 0.504 e. The molecule has 0 spiro atoms. The Kier molecular flexibility index (Phi) is 3.81. The van der Waals surface area contributed by atoms with Crippen LogP contribution in [0.5, 0.6) is 11.5 Å². The van der Waals surface area contributed by atoms with Gasteiger partial charge in [-0.3, -0.25) is 0 Å². The van der Waals surface area contributed by atoms with Gasteiger partial charge in [0.05, 0.1) is 7.11 Å². The highest BCUT2D eigenvalue weighted by molar-refractivity contribution is 5.41. The minimum Gasteiger partial charge on any atom is -0.504 e. The second kappa shape index (κ2) is 5.19. The van der Waals surface area contributed by atoms with E-state index in [0.29, 0.717) is 17.2 Å². The fraction of sp³-hybridized carbons (Fsp3) is 0.600. The van der Waals surface area contributed by atoms with Gasteiger partial charge in [0, 0.05) is 12.6 Å². The maximum Gasteiger partial charge on any atom is 0.160 e. The number of ether oxygens (including phenoxy) is 1. The monoisotopic (exact) mass is 249 g/mol. The third kappa shape index (κ3) is 2.78. The zero-order chi connectivity index (χ0) is 13.2. The average Bonchev–Trinajstić information content (AvgIpc) is 2.67. The smallest absolute Gasteiger partial charge is 0.160 e. The second-order valence-corrected chi connectivity index (χ2v) is 5.82. The lowest BCUT2D eigenvalue weighted by Crippen LogP contribution is -2.37. The van der Waals surface area contributed by atoms with Crippen LogP contribution in [0.15, 0.2) is 18.2 Å². The fourth-order valence-corrected chi connectivity index (χ4v) is 2.78. The van der Waals surface area contributed by atoms with Crippen LogP contribution in [0.3, 0.4) is 0 Å². The highest BCUT2D eigenvalue weighted by Crippen LogP contribution is 2.37. The van der Waals surface area contributed by atoms with E-state index in [4.69, 9.17) is 4.74 Å². The van der Waals surface area contributed by atoms with Gasteiger partial charge in [-0.2, -0.15) is 0 Å². The molecular weight excluding hydrogens is 226 g/mol. The lowest BCUT2D eigenvalue weighted by Gasteiger charge is -2.28. The minimum absolute atomic E-state index is 0.197. The predicted octanol–water partition coefficient (Wildman–Crippen LogP) is 3.07. The number of aromatic hydroxyl groups is 1. The molecule has 0 heterocycles. The van der Waals surface area contributed by atoms with Crippen molar-refractivity contribution in [2.24, 2.45) is 5.41 Å². The van der Waals surface area contributed by atoms with Crippen molar-refractivity contribution in [1.82, 2.24) is 5.32 Å². The fourth-order valence-electron chi connectivity index (χ4n) is 2.78. The van der Waals surface area contributed by atoms with E-state index in [1.807, 2.05) is 12.1 Å². The lowest BCUT2D eigenvalue weighted by molar-refractivity contribution is 0.282. The van der Waals surface area contributed by atoms with E-state index in [1.165, 1.54) is 19.3 Å². The zero-order valence-electron chi connectivity index (χ0n) is 11.5. The number of benzene rings is 1. The Labute approximate surface area is 109 Å². The Morgan fingerprint density at radius 2 is 2.22 bits per heavy atom. The summed E-state index contributed by atoms with van der Waals surface area (Å²) in [4.78, 5) is 0. The van der Waals surface area contributed by atoms with Crippen LogP contribution in [0.1, 0.15) is 38.7 Å². The molecule has 3 heteroatoms. The van der Waals surface area contributed by atoms with E-state index in [1.54, 1.807) is 13.2 Å². The van der Waals surface area contributed by atoms with Crippen LogP contribution in [-0.4, -0.2) is 18.3 Å². The molecule has 0 aromatic heterocycles. The van der Waals surface area contributed by atoms with Crippen LogP contribution in [-0.2, 0) is 6.54 Å². The summed E-state index contributed by atoms with van der Waals surface area (Å²) in [7, 11) is 1.58. The predicted molar refractivity (Wildman–Crippen MR) is 72.9 cm³/mol. The Bertz CT molecular complexity index is 415. The molecule has 100 valence electrons. The van der Waals surface area contributed by atoms with E-state index < -0.39 is 0 Å². The van der Waals surface area contributed by atoms with Gasteiger partial charge in [0.25, 0.3) is 0 Å². The first-order valence-electron chi connectivity index (χ1n) is 6.62. The van der Waals surface area contributed by atoms with Crippen LogP contribution in [0.4, 0.5) is 0 Å². The quantitative estimate of drug-likeness (QED) is 0.861. The molecule has 0 amide bonds. The molecule has 1 aliphatic rings. The van der Waals surface area contributed by atoms with Gasteiger partial charge in [-0.05, 0) is 36.0 Å². The highest BCUT2D eigenvalue weighted by atomic mass is 16.5. The van der Waals surface area contributed by atoms with Crippen molar-refractivity contribution in [2.75, 3.05) is 7.11 Å². The van der Waals surface area contributed by atoms with E-state index in [9.17, 15) is 5.11 Å². The number of rotatable bonds is 4. The molecule has 0 saturated heterocycles. The molecule has 2 N–H and O–H groups in total. The van der Waals surface area contributed by atoms with Crippen molar-refractivity contribution < 1.29 is 9.84 Å². The standard InChI is InChI=1S/C15H23NO2/c1-15(2)8-4-5-14(15)16-10-11-6-7-12(17)13(9-11)18-3/h6-7,9,14,16-17H,4-5,8,10H2,1-3H3. The molecule has 18 heavy (non-hydrogen) atoms. The van der Waals surface area contributed by atoms with Gasteiger partial charge < -0.3 is 15.2 Å². The van der Waals surface area contributed by atoms with Crippen molar-refractivity contribution >= 4 is 0 Å². The van der Waals surface area contributed by atoms with Crippen molar-refractivity contribution in [1.29, 1.82) is 0 Å². The Morgan fingerprint density at radius 1 is 1.44 bits per heavy atom. The zero-order valence-corrected chi connectivity index (χ0v) is 11.5. The summed E-state index contributed by atoms with van der Waals surface area (Å²) >= 11 is 0. The molecule has 1 aromatic carbocycles. The molecule has 1 aliphatic carbocycles. The molecule has 0 radical (unpaired) electrons. The van der Waals surface area contributed by atoms with Crippen LogP contribution in [0.25, 0.3) is 0 Å². The highest BCUT2D eigenvalue weighted by Gasteiger charge is 2.33. The van der Waals surface area contributed by atoms with E-state index in [2.05, 4.69) is 19.2 Å². The van der Waals surface area contributed by atoms with Crippen molar-refractivity contribution in [3.8, 4) is 11.5 Å². The molecule has 1 unspecified atom stereocenters. The Balaban J connectivity index is 1.98. The van der Waals surface area contributed by atoms with Crippen molar-refractivity contribution in [3.05, 3.63) is 23.8 Å². The van der Waals surface area contributed by atoms with Crippen LogP contribution in [0, 0.1) is 5.41 Å². The van der Waals surface area contributed by atoms with Gasteiger partial charge in [-0.1, -0.05) is 26.3 Å². The van der Waals surface area contributed by atoms with E-state index in [-0.39, 0.29) is 5.75 Å². The molecule has 2 rings (SSSR count). The summed E-state index contributed by atoms with van der Waals surface area (Å²) in [5.74, 6) is 0.738. The van der Waals surface area contributed by atoms with Crippen LogP contribution in [0.2, 0.25) is 0 Å². The summed E-state index contributed by atoms with van der Waals surface area (Å²) in [5, 5.41) is 13.2. The minimum atomic E-state index is 0.197. The third-order valence-corrected chi connectivity index (χ3v) is 4.05. The molecule has 0 bridgehead atoms. The molecule has 1 atom stereocenters. The summed E-state index contributed by atoms with van der Waals surface area (Å²) < 4.78 is 5.12. The molecule has 1 aromatic rings. The summed E-state index contributed by atoms with van der Waals surface area (Å²) in [6, 6.07) is 6.10. The molecular formula is C15H23NO2. The van der Waals surface area contributed by atoms with Crippen LogP contribution >= 0.6 is 0 Å². The number of phenolic OH excluding ortho intramolecular Hbond substituents is 1. The van der Waals surface area contributed by atoms with Crippen molar-refractivity contribution in [2.45, 2.75) is 45.7 Å². The van der Waals surface area contributed by atoms with E-state index >= 15 is 0 Å².